The van der Waals surface area contributed by atoms with Crippen LogP contribution in [0, 0.1) is 0 Å². The minimum absolute atomic E-state index is 0.0282. The van der Waals surface area contributed by atoms with Gasteiger partial charge in [0.2, 0.25) is 0 Å². The van der Waals surface area contributed by atoms with Crippen LogP contribution in [0.5, 0.6) is 0 Å². The zero-order valence-electron chi connectivity index (χ0n) is 12.5. The molecule has 0 radical (unpaired) electrons. The van der Waals surface area contributed by atoms with E-state index in [1.165, 1.54) is 0 Å². The Morgan fingerprint density at radius 3 is 2.05 bits per heavy atom. The number of benzene rings is 1. The second-order valence-electron chi connectivity index (χ2n) is 4.64. The zero-order valence-corrected chi connectivity index (χ0v) is 12.5. The van der Waals surface area contributed by atoms with Gasteiger partial charge in [0.05, 0.1) is 13.2 Å². The molecule has 0 heterocycles. The van der Waals surface area contributed by atoms with Crippen LogP contribution in [-0.4, -0.2) is 35.9 Å². The number of aliphatic hydroxyl groups is 1. The van der Waals surface area contributed by atoms with Crippen LogP contribution in [-0.2, 0) is 25.5 Å². The lowest BCUT2D eigenvalue weighted by molar-refractivity contribution is -0.184. The Kier molecular flexibility index (Phi) is 6.88. The maximum Gasteiger partial charge on any atom is 0.350 e. The summed E-state index contributed by atoms with van der Waals surface area (Å²) in [6.45, 7) is 3.43. The number of hydrogen-bond donors (Lipinski definition) is 1. The highest BCUT2D eigenvalue weighted by atomic mass is 16.6. The molecule has 0 aromatic heterocycles. The molecule has 0 saturated heterocycles. The molecule has 116 valence electrons. The molecule has 1 rings (SSSR count). The Labute approximate surface area is 124 Å². The van der Waals surface area contributed by atoms with E-state index in [1.807, 2.05) is 30.3 Å². The number of aryl methyl sites for hydroxylation is 1. The van der Waals surface area contributed by atoms with Crippen molar-refractivity contribution in [2.24, 2.45) is 0 Å². The van der Waals surface area contributed by atoms with Gasteiger partial charge in [0, 0.05) is 0 Å². The fraction of sp³-hybridized carbons (Fsp3) is 0.500. The maximum atomic E-state index is 11.9. The molecule has 0 fully saturated rings. The smallest absolute Gasteiger partial charge is 0.350 e. The van der Waals surface area contributed by atoms with Gasteiger partial charge in [-0.1, -0.05) is 30.3 Å². The summed E-state index contributed by atoms with van der Waals surface area (Å²) in [5.74, 6) is -1.90. The third kappa shape index (κ3) is 4.86. The van der Waals surface area contributed by atoms with Crippen LogP contribution in [0.25, 0.3) is 0 Å². The lowest BCUT2D eigenvalue weighted by Crippen LogP contribution is -2.49. The van der Waals surface area contributed by atoms with E-state index in [-0.39, 0.29) is 19.6 Å². The van der Waals surface area contributed by atoms with Crippen molar-refractivity contribution in [3.8, 4) is 0 Å². The molecule has 5 nitrogen and oxygen atoms in total. The first-order chi connectivity index (χ1) is 10.0. The van der Waals surface area contributed by atoms with Crippen LogP contribution < -0.4 is 0 Å². The van der Waals surface area contributed by atoms with Gasteiger partial charge < -0.3 is 14.6 Å². The summed E-state index contributed by atoms with van der Waals surface area (Å²) in [5, 5.41) is 10.3. The van der Waals surface area contributed by atoms with Crippen molar-refractivity contribution in [1.29, 1.82) is 0 Å². The van der Waals surface area contributed by atoms with Crippen molar-refractivity contribution >= 4 is 11.9 Å². The predicted molar refractivity (Wildman–Crippen MR) is 77.6 cm³/mol. The summed E-state index contributed by atoms with van der Waals surface area (Å²) in [5.41, 5.74) is -1.14. The normalized spacial score (nSPS) is 11.0. The van der Waals surface area contributed by atoms with Crippen LogP contribution in [0.3, 0.4) is 0 Å². The van der Waals surface area contributed by atoms with Crippen molar-refractivity contribution in [1.82, 2.24) is 0 Å². The summed E-state index contributed by atoms with van der Waals surface area (Å²) in [6.07, 6.45) is 1.10. The topological polar surface area (TPSA) is 72.8 Å². The van der Waals surface area contributed by atoms with Gasteiger partial charge in [-0.15, -0.1) is 0 Å². The molecule has 0 aliphatic carbocycles. The monoisotopic (exact) mass is 294 g/mol. The number of hydrogen-bond acceptors (Lipinski definition) is 5. The van der Waals surface area contributed by atoms with Crippen molar-refractivity contribution in [2.75, 3.05) is 13.2 Å². The number of esters is 2. The summed E-state index contributed by atoms with van der Waals surface area (Å²) in [7, 11) is 0. The first kappa shape index (κ1) is 17.2. The Morgan fingerprint density at radius 2 is 1.57 bits per heavy atom. The molecule has 5 heteroatoms. The van der Waals surface area contributed by atoms with Gasteiger partial charge in [-0.05, 0) is 38.7 Å². The van der Waals surface area contributed by atoms with E-state index in [4.69, 9.17) is 9.47 Å². The Hall–Kier alpha value is -1.88. The van der Waals surface area contributed by atoms with Gasteiger partial charge in [-0.3, -0.25) is 0 Å². The Morgan fingerprint density at radius 1 is 1.05 bits per heavy atom. The average Bonchev–Trinajstić information content (AvgIpc) is 2.48. The van der Waals surface area contributed by atoms with Crippen molar-refractivity contribution in [3.05, 3.63) is 35.9 Å². The maximum absolute atomic E-state index is 11.9. The molecule has 1 N–H and O–H groups in total. The summed E-state index contributed by atoms with van der Waals surface area (Å²) in [6, 6.07) is 9.65. The van der Waals surface area contributed by atoms with Gasteiger partial charge in [0.25, 0.3) is 5.60 Å². The first-order valence-electron chi connectivity index (χ1n) is 7.15. The molecule has 0 aliphatic rings. The molecule has 0 amide bonds. The molecule has 21 heavy (non-hydrogen) atoms. The van der Waals surface area contributed by atoms with E-state index >= 15 is 0 Å². The molecule has 0 atom stereocenters. The van der Waals surface area contributed by atoms with Gasteiger partial charge in [-0.25, -0.2) is 9.59 Å². The summed E-state index contributed by atoms with van der Waals surface area (Å²) >= 11 is 0. The number of carbonyl (C=O) groups excluding carboxylic acids is 2. The fourth-order valence-corrected chi connectivity index (χ4v) is 1.98. The quantitative estimate of drug-likeness (QED) is 0.585. The minimum atomic E-state index is -2.22. The molecular weight excluding hydrogens is 272 g/mol. The molecule has 0 saturated carbocycles. The second-order valence-corrected chi connectivity index (χ2v) is 4.64. The van der Waals surface area contributed by atoms with E-state index in [9.17, 15) is 14.7 Å². The van der Waals surface area contributed by atoms with Gasteiger partial charge in [-0.2, -0.15) is 0 Å². The summed E-state index contributed by atoms with van der Waals surface area (Å²) in [4.78, 5) is 23.7. The molecular formula is C16H22O5. The summed E-state index contributed by atoms with van der Waals surface area (Å²) < 4.78 is 9.57. The first-order valence-corrected chi connectivity index (χ1v) is 7.15. The molecule has 0 bridgehead atoms. The highest BCUT2D eigenvalue weighted by molar-refractivity contribution is 6.03. The van der Waals surface area contributed by atoms with Crippen molar-refractivity contribution < 1.29 is 24.2 Å². The van der Waals surface area contributed by atoms with Crippen molar-refractivity contribution in [3.63, 3.8) is 0 Å². The third-order valence-corrected chi connectivity index (χ3v) is 3.07. The van der Waals surface area contributed by atoms with Gasteiger partial charge in [0.1, 0.15) is 0 Å². The van der Waals surface area contributed by atoms with Crippen LogP contribution in [0.4, 0.5) is 0 Å². The van der Waals surface area contributed by atoms with Crippen LogP contribution >= 0.6 is 0 Å². The second kappa shape index (κ2) is 8.42. The number of ether oxygens (including phenoxy) is 2. The van der Waals surface area contributed by atoms with E-state index in [2.05, 4.69) is 0 Å². The van der Waals surface area contributed by atoms with Gasteiger partial charge >= 0.3 is 11.9 Å². The Bertz CT molecular complexity index is 437. The van der Waals surface area contributed by atoms with Crippen LogP contribution in [0.1, 0.15) is 32.3 Å². The average molecular weight is 294 g/mol. The lowest BCUT2D eigenvalue weighted by Gasteiger charge is -2.23. The Balaban J connectivity index is 2.68. The number of rotatable bonds is 8. The number of carbonyl (C=O) groups is 2. The van der Waals surface area contributed by atoms with Crippen LogP contribution in [0.15, 0.2) is 30.3 Å². The third-order valence-electron chi connectivity index (χ3n) is 3.07. The lowest BCUT2D eigenvalue weighted by atomic mass is 9.95. The molecule has 1 aromatic rings. The molecule has 0 spiro atoms. The minimum Gasteiger partial charge on any atom is -0.463 e. The molecule has 1 aromatic carbocycles. The predicted octanol–water partition coefficient (Wildman–Crippen LogP) is 1.87. The SMILES string of the molecule is CCOC(=O)C(O)(CCCc1ccccc1)C(=O)OCC. The fourth-order valence-electron chi connectivity index (χ4n) is 1.98. The van der Waals surface area contributed by atoms with Crippen molar-refractivity contribution in [2.45, 2.75) is 38.7 Å². The highest BCUT2D eigenvalue weighted by Crippen LogP contribution is 2.19. The van der Waals surface area contributed by atoms with E-state index in [1.54, 1.807) is 13.8 Å². The van der Waals surface area contributed by atoms with E-state index in [0.717, 1.165) is 5.56 Å². The van der Waals surface area contributed by atoms with Crippen LogP contribution in [0.2, 0.25) is 0 Å². The van der Waals surface area contributed by atoms with E-state index < -0.39 is 17.5 Å². The standard InChI is InChI=1S/C16H22O5/c1-3-20-14(17)16(19,15(18)21-4-2)12-8-11-13-9-6-5-7-10-13/h5-7,9-10,19H,3-4,8,11-12H2,1-2H3. The highest BCUT2D eigenvalue weighted by Gasteiger charge is 2.46. The molecule has 0 aliphatic heterocycles. The largest absolute Gasteiger partial charge is 0.463 e. The zero-order chi connectivity index (χ0) is 15.7. The van der Waals surface area contributed by atoms with E-state index in [0.29, 0.717) is 12.8 Å². The molecule has 0 unspecified atom stereocenters. The van der Waals surface area contributed by atoms with Gasteiger partial charge in [0.15, 0.2) is 0 Å².